The minimum atomic E-state index is -0.190. The molecule has 0 saturated heterocycles. The van der Waals surface area contributed by atoms with Gasteiger partial charge in [0.15, 0.2) is 24.4 Å². The molecule has 7 nitrogen and oxygen atoms in total. The molecular formula is C21H25NO6. The highest BCUT2D eigenvalue weighted by Gasteiger charge is 2.15. The van der Waals surface area contributed by atoms with Crippen LogP contribution in [0.3, 0.4) is 0 Å². The number of hydrogen-bond donors (Lipinski definition) is 0. The van der Waals surface area contributed by atoms with Gasteiger partial charge in [0.25, 0.3) is 5.91 Å². The summed E-state index contributed by atoms with van der Waals surface area (Å²) in [5.41, 5.74) is 1.24. The summed E-state index contributed by atoms with van der Waals surface area (Å²) in [6, 6.07) is 10.4. The number of ether oxygens (including phenoxy) is 4. The van der Waals surface area contributed by atoms with Crippen molar-refractivity contribution in [3.05, 3.63) is 47.5 Å². The second kappa shape index (κ2) is 10.2. The number of benzene rings is 2. The van der Waals surface area contributed by atoms with Crippen molar-refractivity contribution in [2.75, 3.05) is 34.5 Å². The predicted octanol–water partition coefficient (Wildman–Crippen LogP) is 2.95. The molecule has 7 heteroatoms. The largest absolute Gasteiger partial charge is 0.497 e. The summed E-state index contributed by atoms with van der Waals surface area (Å²) in [5, 5.41) is 0. The molecule has 0 aliphatic rings. The smallest absolute Gasteiger partial charge is 0.260 e. The number of nitrogens with zero attached hydrogens (tertiary/aromatic N) is 1. The number of rotatable bonds is 10. The SMILES string of the molecule is CCN(Cc1ccc(OC)c(OC)c1)C(=O)COc1ccc(OC)cc1C=O. The number of carbonyl (C=O) groups excluding carboxylic acids is 2. The van der Waals surface area contributed by atoms with E-state index in [0.29, 0.717) is 47.9 Å². The number of likely N-dealkylation sites (N-methyl/N-ethyl adjacent to an activating group) is 1. The zero-order valence-corrected chi connectivity index (χ0v) is 16.6. The van der Waals surface area contributed by atoms with Gasteiger partial charge in [-0.05, 0) is 42.8 Å². The van der Waals surface area contributed by atoms with E-state index < -0.39 is 0 Å². The summed E-state index contributed by atoms with van der Waals surface area (Å²) in [6.45, 7) is 2.64. The predicted molar refractivity (Wildman–Crippen MR) is 105 cm³/mol. The highest BCUT2D eigenvalue weighted by atomic mass is 16.5. The van der Waals surface area contributed by atoms with Crippen LogP contribution in [0.1, 0.15) is 22.8 Å². The van der Waals surface area contributed by atoms with Crippen LogP contribution < -0.4 is 18.9 Å². The Balaban J connectivity index is 2.05. The highest BCUT2D eigenvalue weighted by molar-refractivity contribution is 5.81. The Kier molecular flexibility index (Phi) is 7.68. The summed E-state index contributed by atoms with van der Waals surface area (Å²) >= 11 is 0. The van der Waals surface area contributed by atoms with Gasteiger partial charge in [0.2, 0.25) is 0 Å². The Morgan fingerprint density at radius 3 is 2.29 bits per heavy atom. The number of hydrogen-bond acceptors (Lipinski definition) is 6. The molecule has 0 aliphatic carbocycles. The first kappa shape index (κ1) is 21.1. The third-order valence-electron chi connectivity index (χ3n) is 4.25. The van der Waals surface area contributed by atoms with E-state index in [1.165, 1.54) is 7.11 Å². The maximum Gasteiger partial charge on any atom is 0.260 e. The molecule has 2 aromatic rings. The van der Waals surface area contributed by atoms with Gasteiger partial charge in [0.1, 0.15) is 11.5 Å². The minimum absolute atomic E-state index is 0.172. The Bertz CT molecular complexity index is 821. The molecule has 150 valence electrons. The number of amides is 1. The van der Waals surface area contributed by atoms with Crippen LogP contribution in [0.2, 0.25) is 0 Å². The maximum atomic E-state index is 12.6. The van der Waals surface area contributed by atoms with Crippen LogP contribution in [-0.2, 0) is 11.3 Å². The van der Waals surface area contributed by atoms with Gasteiger partial charge < -0.3 is 23.8 Å². The fraction of sp³-hybridized carbons (Fsp3) is 0.333. The Morgan fingerprint density at radius 1 is 0.964 bits per heavy atom. The molecule has 0 saturated carbocycles. The Hall–Kier alpha value is -3.22. The minimum Gasteiger partial charge on any atom is -0.497 e. The number of carbonyl (C=O) groups is 2. The van der Waals surface area contributed by atoms with E-state index in [4.69, 9.17) is 18.9 Å². The molecular weight excluding hydrogens is 362 g/mol. The summed E-state index contributed by atoms with van der Waals surface area (Å²) in [5.74, 6) is 1.93. The van der Waals surface area contributed by atoms with Gasteiger partial charge in [0.05, 0.1) is 26.9 Å². The molecule has 1 amide bonds. The Labute approximate surface area is 164 Å². The van der Waals surface area contributed by atoms with E-state index in [1.54, 1.807) is 43.4 Å². The van der Waals surface area contributed by atoms with Crippen molar-refractivity contribution < 1.29 is 28.5 Å². The van der Waals surface area contributed by atoms with Crippen LogP contribution in [0, 0.1) is 0 Å². The van der Waals surface area contributed by atoms with Gasteiger partial charge in [-0.3, -0.25) is 9.59 Å². The maximum absolute atomic E-state index is 12.6. The average Bonchev–Trinajstić information content (AvgIpc) is 2.75. The van der Waals surface area contributed by atoms with Gasteiger partial charge >= 0.3 is 0 Å². The van der Waals surface area contributed by atoms with E-state index in [-0.39, 0.29) is 12.5 Å². The summed E-state index contributed by atoms with van der Waals surface area (Å²) in [7, 11) is 4.66. The topological polar surface area (TPSA) is 74.3 Å². The van der Waals surface area contributed by atoms with Gasteiger partial charge in [-0.15, -0.1) is 0 Å². The third-order valence-corrected chi connectivity index (χ3v) is 4.25. The standard InChI is InChI=1S/C21H25NO6/c1-5-22(12-15-6-8-19(26-3)20(10-15)27-4)21(24)14-28-18-9-7-17(25-2)11-16(18)13-23/h6-11,13H,5,12,14H2,1-4H3. The normalized spacial score (nSPS) is 10.1. The van der Waals surface area contributed by atoms with Crippen molar-refractivity contribution in [3.63, 3.8) is 0 Å². The van der Waals surface area contributed by atoms with Crippen LogP contribution in [0.5, 0.6) is 23.0 Å². The van der Waals surface area contributed by atoms with Crippen LogP contribution in [0.15, 0.2) is 36.4 Å². The molecule has 0 heterocycles. The van der Waals surface area contributed by atoms with Crippen LogP contribution in [0.4, 0.5) is 0 Å². The third kappa shape index (κ3) is 5.16. The van der Waals surface area contributed by atoms with E-state index in [1.807, 2.05) is 19.1 Å². The second-order valence-electron chi connectivity index (χ2n) is 5.91. The first-order valence-electron chi connectivity index (χ1n) is 8.80. The molecule has 28 heavy (non-hydrogen) atoms. The van der Waals surface area contributed by atoms with Crippen LogP contribution in [-0.4, -0.2) is 51.6 Å². The van der Waals surface area contributed by atoms with Crippen LogP contribution in [0.25, 0.3) is 0 Å². The quantitative estimate of drug-likeness (QED) is 0.584. The molecule has 0 N–H and O–H groups in total. The highest BCUT2D eigenvalue weighted by Crippen LogP contribution is 2.28. The molecule has 0 spiro atoms. The van der Waals surface area contributed by atoms with Crippen molar-refractivity contribution in [2.24, 2.45) is 0 Å². The van der Waals surface area contributed by atoms with Crippen molar-refractivity contribution in [1.29, 1.82) is 0 Å². The zero-order valence-electron chi connectivity index (χ0n) is 16.6. The summed E-state index contributed by atoms with van der Waals surface area (Å²) in [4.78, 5) is 25.5. The van der Waals surface area contributed by atoms with E-state index in [2.05, 4.69) is 0 Å². The fourth-order valence-electron chi connectivity index (χ4n) is 2.68. The summed E-state index contributed by atoms with van der Waals surface area (Å²) in [6.07, 6.45) is 0.670. The lowest BCUT2D eigenvalue weighted by Crippen LogP contribution is -2.34. The fourth-order valence-corrected chi connectivity index (χ4v) is 2.68. The van der Waals surface area contributed by atoms with Gasteiger partial charge in [-0.2, -0.15) is 0 Å². The van der Waals surface area contributed by atoms with E-state index in [0.717, 1.165) is 5.56 Å². The lowest BCUT2D eigenvalue weighted by Gasteiger charge is -2.22. The summed E-state index contributed by atoms with van der Waals surface area (Å²) < 4.78 is 21.2. The molecule has 0 aromatic heterocycles. The molecule has 2 aromatic carbocycles. The Morgan fingerprint density at radius 2 is 1.68 bits per heavy atom. The lowest BCUT2D eigenvalue weighted by atomic mass is 10.2. The molecule has 0 bridgehead atoms. The van der Waals surface area contributed by atoms with Crippen molar-refractivity contribution in [3.8, 4) is 23.0 Å². The van der Waals surface area contributed by atoms with Crippen molar-refractivity contribution in [2.45, 2.75) is 13.5 Å². The second-order valence-corrected chi connectivity index (χ2v) is 5.91. The van der Waals surface area contributed by atoms with Gasteiger partial charge in [0, 0.05) is 13.1 Å². The van der Waals surface area contributed by atoms with Crippen molar-refractivity contribution in [1.82, 2.24) is 4.90 Å². The molecule has 0 fully saturated rings. The van der Waals surface area contributed by atoms with Gasteiger partial charge in [-0.1, -0.05) is 6.07 Å². The molecule has 0 radical (unpaired) electrons. The van der Waals surface area contributed by atoms with E-state index in [9.17, 15) is 9.59 Å². The number of methoxy groups -OCH3 is 3. The van der Waals surface area contributed by atoms with Crippen molar-refractivity contribution >= 4 is 12.2 Å². The molecule has 2 rings (SSSR count). The molecule has 0 unspecified atom stereocenters. The van der Waals surface area contributed by atoms with E-state index >= 15 is 0 Å². The zero-order chi connectivity index (χ0) is 20.5. The van der Waals surface area contributed by atoms with Crippen LogP contribution >= 0.6 is 0 Å². The molecule has 0 atom stereocenters. The first-order chi connectivity index (χ1) is 13.6. The number of aldehydes is 1. The average molecular weight is 387 g/mol. The molecule has 0 aliphatic heterocycles. The first-order valence-corrected chi connectivity index (χ1v) is 8.80. The monoisotopic (exact) mass is 387 g/mol. The van der Waals surface area contributed by atoms with Gasteiger partial charge in [-0.25, -0.2) is 0 Å². The lowest BCUT2D eigenvalue weighted by molar-refractivity contribution is -0.133.